The van der Waals surface area contributed by atoms with E-state index in [0.29, 0.717) is 36.4 Å². The minimum Gasteiger partial charge on any atom is -0.389 e. The first-order valence-electron chi connectivity index (χ1n) is 10.0. The van der Waals surface area contributed by atoms with E-state index in [1.807, 2.05) is 35.9 Å². The van der Waals surface area contributed by atoms with Crippen LogP contribution < -0.4 is 10.9 Å². The number of fused-ring (bicyclic) bond motifs is 2. The largest absolute Gasteiger partial charge is 0.389 e. The van der Waals surface area contributed by atoms with Gasteiger partial charge in [-0.15, -0.1) is 0 Å². The van der Waals surface area contributed by atoms with E-state index in [1.165, 1.54) is 0 Å². The fraction of sp³-hybridized carbons (Fsp3) is 0.409. The average Bonchev–Trinajstić information content (AvgIpc) is 3.37. The minimum atomic E-state index is -0.707. The van der Waals surface area contributed by atoms with Crippen LogP contribution in [0.2, 0.25) is 0 Å². The fourth-order valence-corrected chi connectivity index (χ4v) is 4.53. The zero-order valence-corrected chi connectivity index (χ0v) is 16.3. The Hall–Kier alpha value is -3.11. The summed E-state index contributed by atoms with van der Waals surface area (Å²) in [6.07, 6.45) is 5.44. The van der Waals surface area contributed by atoms with Crippen molar-refractivity contribution >= 4 is 22.4 Å². The van der Waals surface area contributed by atoms with E-state index in [9.17, 15) is 15.2 Å². The van der Waals surface area contributed by atoms with Gasteiger partial charge in [0.25, 0.3) is 5.56 Å². The van der Waals surface area contributed by atoms with Gasteiger partial charge in [-0.1, -0.05) is 6.07 Å². The molecule has 1 fully saturated rings. The molecule has 3 N–H and O–H groups in total. The molecule has 1 aromatic carbocycles. The number of hydrogen-bond donors (Lipinski definition) is 3. The second-order valence-corrected chi connectivity index (χ2v) is 8.59. The molecule has 2 atom stereocenters. The molecule has 3 aromatic rings. The zero-order valence-electron chi connectivity index (χ0n) is 16.3. The predicted octanol–water partition coefficient (Wildman–Crippen LogP) is 3.18. The number of benzene rings is 1. The van der Waals surface area contributed by atoms with Gasteiger partial charge in [-0.3, -0.25) is 9.48 Å². The van der Waals surface area contributed by atoms with Crippen LogP contribution in [0.4, 0.5) is 11.5 Å². The zero-order chi connectivity index (χ0) is 20.2. The first kappa shape index (κ1) is 18.0. The summed E-state index contributed by atoms with van der Waals surface area (Å²) >= 11 is 0. The van der Waals surface area contributed by atoms with Crippen LogP contribution in [-0.2, 0) is 12.8 Å². The second-order valence-electron chi connectivity index (χ2n) is 8.59. The Morgan fingerprint density at radius 3 is 2.93 bits per heavy atom. The van der Waals surface area contributed by atoms with Crippen LogP contribution in [0, 0.1) is 17.2 Å². The lowest BCUT2D eigenvalue weighted by atomic mass is 10.0. The number of nitriles is 1. The third-order valence-electron chi connectivity index (χ3n) is 6.02. The smallest absolute Gasteiger partial charge is 0.261 e. The monoisotopic (exact) mass is 389 g/mol. The lowest BCUT2D eigenvalue weighted by Crippen LogP contribution is -2.23. The topological polar surface area (TPSA) is 107 Å². The molecule has 7 heteroatoms. The van der Waals surface area contributed by atoms with Crippen molar-refractivity contribution in [2.24, 2.45) is 5.92 Å². The number of aromatic amines is 1. The van der Waals surface area contributed by atoms with Gasteiger partial charge in [-0.05, 0) is 55.0 Å². The number of pyridine rings is 1. The fourth-order valence-electron chi connectivity index (χ4n) is 4.53. The SMILES string of the molecule is C[C@@]1(O)Cc2ccc(Nc3nn(C(CC#N)C4CC4)c4cc[nH]c(=O)c34)cc2C1. The first-order chi connectivity index (χ1) is 13.9. The van der Waals surface area contributed by atoms with Crippen molar-refractivity contribution in [2.75, 3.05) is 5.32 Å². The molecule has 1 unspecified atom stereocenters. The summed E-state index contributed by atoms with van der Waals surface area (Å²) in [5.74, 6) is 0.933. The van der Waals surface area contributed by atoms with E-state index in [-0.39, 0.29) is 11.6 Å². The Morgan fingerprint density at radius 2 is 2.17 bits per heavy atom. The predicted molar refractivity (Wildman–Crippen MR) is 110 cm³/mol. The Bertz CT molecular complexity index is 1200. The highest BCUT2D eigenvalue weighted by atomic mass is 16.3. The highest BCUT2D eigenvalue weighted by Gasteiger charge is 2.35. The van der Waals surface area contributed by atoms with Crippen LogP contribution in [0.1, 0.15) is 43.4 Å². The standard InChI is InChI=1S/C22H23N5O2/c1-22(29)11-14-4-5-16(10-15(14)12-22)25-20-19-18(7-9-24-21(19)28)27(26-20)17(6-8-23)13-2-3-13/h4-5,7,9-10,13,17,29H,2-3,6,11-12H2,1H3,(H,24,28)(H,25,26)/t17?,22-/m1/s1. The van der Waals surface area contributed by atoms with Crippen LogP contribution in [0.5, 0.6) is 0 Å². The maximum Gasteiger partial charge on any atom is 0.261 e. The number of nitrogens with zero attached hydrogens (tertiary/aromatic N) is 3. The quantitative estimate of drug-likeness (QED) is 0.621. The van der Waals surface area contributed by atoms with Crippen LogP contribution in [0.25, 0.3) is 10.9 Å². The van der Waals surface area contributed by atoms with Gasteiger partial charge in [0, 0.05) is 24.7 Å². The van der Waals surface area contributed by atoms with Gasteiger partial charge >= 0.3 is 0 Å². The van der Waals surface area contributed by atoms with Crippen LogP contribution in [-0.4, -0.2) is 25.5 Å². The van der Waals surface area contributed by atoms with Gasteiger partial charge in [0.1, 0.15) is 5.39 Å². The Kier molecular flexibility index (Phi) is 4.00. The summed E-state index contributed by atoms with van der Waals surface area (Å²) in [5, 5.41) is 28.2. The van der Waals surface area contributed by atoms with Crippen molar-refractivity contribution in [1.82, 2.24) is 14.8 Å². The summed E-state index contributed by atoms with van der Waals surface area (Å²) in [7, 11) is 0. The van der Waals surface area contributed by atoms with E-state index < -0.39 is 5.60 Å². The molecule has 0 spiro atoms. The summed E-state index contributed by atoms with van der Waals surface area (Å²) < 4.78 is 1.85. The molecule has 2 aromatic heterocycles. The maximum atomic E-state index is 12.6. The van der Waals surface area contributed by atoms with Crippen LogP contribution in [0.15, 0.2) is 35.3 Å². The van der Waals surface area contributed by atoms with Crippen molar-refractivity contribution in [3.63, 3.8) is 0 Å². The number of nitrogens with one attached hydrogen (secondary N) is 2. The molecule has 0 radical (unpaired) electrons. The van der Waals surface area contributed by atoms with Crippen molar-refractivity contribution in [3.8, 4) is 6.07 Å². The van der Waals surface area contributed by atoms with E-state index in [1.54, 1.807) is 6.20 Å². The highest BCUT2D eigenvalue weighted by Crippen LogP contribution is 2.43. The normalized spacial score (nSPS) is 21.7. The van der Waals surface area contributed by atoms with Crippen molar-refractivity contribution in [3.05, 3.63) is 51.9 Å². The van der Waals surface area contributed by atoms with Gasteiger partial charge in [-0.2, -0.15) is 10.4 Å². The molecule has 0 aliphatic heterocycles. The summed E-state index contributed by atoms with van der Waals surface area (Å²) in [4.78, 5) is 15.3. The Balaban J connectivity index is 1.56. The van der Waals surface area contributed by atoms with Gasteiger partial charge < -0.3 is 15.4 Å². The number of anilines is 2. The van der Waals surface area contributed by atoms with E-state index in [2.05, 4.69) is 16.4 Å². The molecule has 148 valence electrons. The number of aromatic nitrogens is 3. The number of H-pyrrole nitrogens is 1. The third kappa shape index (κ3) is 3.19. The number of aliphatic hydroxyl groups is 1. The molecule has 2 aliphatic rings. The number of hydrogen-bond acceptors (Lipinski definition) is 5. The van der Waals surface area contributed by atoms with Crippen LogP contribution in [0.3, 0.4) is 0 Å². The molecule has 0 amide bonds. The second kappa shape index (κ2) is 6.46. The molecule has 5 rings (SSSR count). The molecule has 1 saturated carbocycles. The lowest BCUT2D eigenvalue weighted by Gasteiger charge is -2.14. The van der Waals surface area contributed by atoms with Gasteiger partial charge in [0.05, 0.1) is 29.6 Å². The molecule has 2 heterocycles. The third-order valence-corrected chi connectivity index (χ3v) is 6.02. The summed E-state index contributed by atoms with van der Waals surface area (Å²) in [6, 6.07) is 10.1. The Labute approximate surface area is 168 Å². The van der Waals surface area contributed by atoms with Gasteiger partial charge in [0.15, 0.2) is 5.82 Å². The molecular weight excluding hydrogens is 366 g/mol. The van der Waals surface area contributed by atoms with Gasteiger partial charge in [-0.25, -0.2) is 0 Å². The van der Waals surface area contributed by atoms with Crippen molar-refractivity contribution in [1.29, 1.82) is 5.26 Å². The summed E-state index contributed by atoms with van der Waals surface area (Å²) in [5.41, 5.74) is 2.93. The average molecular weight is 389 g/mol. The van der Waals surface area contributed by atoms with Crippen LogP contribution >= 0.6 is 0 Å². The molecule has 0 bridgehead atoms. The molecular formula is C22H23N5O2. The number of rotatable bonds is 5. The molecule has 7 nitrogen and oxygen atoms in total. The van der Waals surface area contributed by atoms with Crippen molar-refractivity contribution < 1.29 is 5.11 Å². The molecule has 2 aliphatic carbocycles. The molecule has 29 heavy (non-hydrogen) atoms. The molecule has 0 saturated heterocycles. The minimum absolute atomic E-state index is 0.0185. The summed E-state index contributed by atoms with van der Waals surface area (Å²) in [6.45, 7) is 1.85. The highest BCUT2D eigenvalue weighted by molar-refractivity contribution is 5.91. The lowest BCUT2D eigenvalue weighted by molar-refractivity contribution is 0.0719. The van der Waals surface area contributed by atoms with E-state index >= 15 is 0 Å². The maximum absolute atomic E-state index is 12.6. The van der Waals surface area contributed by atoms with Gasteiger partial charge in [0.2, 0.25) is 0 Å². The van der Waals surface area contributed by atoms with E-state index in [4.69, 9.17) is 5.10 Å². The first-order valence-corrected chi connectivity index (χ1v) is 10.0. The van der Waals surface area contributed by atoms with E-state index in [0.717, 1.165) is 35.2 Å². The Morgan fingerprint density at radius 1 is 1.38 bits per heavy atom. The van der Waals surface area contributed by atoms with Crippen molar-refractivity contribution in [2.45, 2.75) is 50.7 Å².